The van der Waals surface area contributed by atoms with Gasteiger partial charge < -0.3 is 15.8 Å². The Kier molecular flexibility index (Phi) is 8.20. The lowest BCUT2D eigenvalue weighted by Gasteiger charge is -2.37. The first-order valence-corrected chi connectivity index (χ1v) is 8.74. The number of carbonyl (C=O) groups excluding carboxylic acids is 1. The molecule has 0 unspecified atom stereocenters. The molecule has 1 aliphatic rings. The van der Waals surface area contributed by atoms with E-state index in [4.69, 9.17) is 10.5 Å². The molecule has 1 aromatic carbocycles. The van der Waals surface area contributed by atoms with E-state index in [0.717, 1.165) is 12.8 Å². The number of ether oxygens (including phenoxy) is 1. The highest BCUT2D eigenvalue weighted by molar-refractivity contribution is 5.85. The standard InChI is InChI=1S/C19H30N2O2.ClH/c1-3-18(4-2,16-8-6-5-7-9-16)15-21-17(22)19(14-20)10-12-23-13-11-19;/h5-9H,3-4,10-15,20H2,1-2H3,(H,21,22);1H. The van der Waals surface area contributed by atoms with Crippen molar-refractivity contribution in [2.75, 3.05) is 26.3 Å². The summed E-state index contributed by atoms with van der Waals surface area (Å²) in [5.74, 6) is 0.0884. The van der Waals surface area contributed by atoms with Crippen molar-refractivity contribution in [2.45, 2.75) is 44.9 Å². The second-order valence-corrected chi connectivity index (χ2v) is 6.63. The minimum Gasteiger partial charge on any atom is -0.381 e. The molecule has 2 rings (SSSR count). The number of halogens is 1. The molecule has 1 aromatic rings. The van der Waals surface area contributed by atoms with Crippen LogP contribution in [-0.2, 0) is 14.9 Å². The lowest BCUT2D eigenvalue weighted by Crippen LogP contribution is -2.52. The van der Waals surface area contributed by atoms with Gasteiger partial charge in [-0.25, -0.2) is 0 Å². The molecule has 1 fully saturated rings. The summed E-state index contributed by atoms with van der Waals surface area (Å²) >= 11 is 0. The summed E-state index contributed by atoms with van der Waals surface area (Å²) < 4.78 is 5.40. The molecule has 3 N–H and O–H groups in total. The van der Waals surface area contributed by atoms with Gasteiger partial charge in [0.2, 0.25) is 5.91 Å². The van der Waals surface area contributed by atoms with Crippen molar-refractivity contribution in [1.82, 2.24) is 5.32 Å². The molecule has 1 heterocycles. The Labute approximate surface area is 151 Å². The maximum absolute atomic E-state index is 12.8. The molecule has 0 aliphatic carbocycles. The number of hydrogen-bond donors (Lipinski definition) is 2. The quantitative estimate of drug-likeness (QED) is 0.791. The van der Waals surface area contributed by atoms with Crippen LogP contribution in [0.5, 0.6) is 0 Å². The zero-order valence-electron chi connectivity index (χ0n) is 14.8. The summed E-state index contributed by atoms with van der Waals surface area (Å²) in [6.45, 7) is 6.67. The van der Waals surface area contributed by atoms with Crippen LogP contribution >= 0.6 is 12.4 Å². The molecule has 4 nitrogen and oxygen atoms in total. The van der Waals surface area contributed by atoms with Gasteiger partial charge in [0.1, 0.15) is 0 Å². The van der Waals surface area contributed by atoms with E-state index >= 15 is 0 Å². The van der Waals surface area contributed by atoms with E-state index in [-0.39, 0.29) is 23.7 Å². The molecular formula is C19H31ClN2O2. The van der Waals surface area contributed by atoms with Crippen LogP contribution in [0.15, 0.2) is 30.3 Å². The number of amides is 1. The summed E-state index contributed by atoms with van der Waals surface area (Å²) in [5, 5.41) is 3.21. The second-order valence-electron chi connectivity index (χ2n) is 6.63. The molecule has 24 heavy (non-hydrogen) atoms. The molecule has 1 aliphatic heterocycles. The number of rotatable bonds is 7. The zero-order chi connectivity index (χ0) is 16.8. The Morgan fingerprint density at radius 2 is 1.79 bits per heavy atom. The van der Waals surface area contributed by atoms with E-state index in [1.807, 2.05) is 6.07 Å². The van der Waals surface area contributed by atoms with Gasteiger partial charge in [0.15, 0.2) is 0 Å². The minimum atomic E-state index is -0.456. The lowest BCUT2D eigenvalue weighted by atomic mass is 9.74. The van der Waals surface area contributed by atoms with Gasteiger partial charge in [0.05, 0.1) is 5.41 Å². The largest absolute Gasteiger partial charge is 0.381 e. The van der Waals surface area contributed by atoms with Crippen molar-refractivity contribution >= 4 is 18.3 Å². The third kappa shape index (κ3) is 4.29. The molecule has 1 saturated heterocycles. The fourth-order valence-electron chi connectivity index (χ4n) is 3.53. The fourth-order valence-corrected chi connectivity index (χ4v) is 3.53. The highest BCUT2D eigenvalue weighted by Crippen LogP contribution is 2.33. The van der Waals surface area contributed by atoms with Crippen LogP contribution in [0.3, 0.4) is 0 Å². The van der Waals surface area contributed by atoms with Gasteiger partial charge >= 0.3 is 0 Å². The van der Waals surface area contributed by atoms with Crippen molar-refractivity contribution in [1.29, 1.82) is 0 Å². The molecule has 0 saturated carbocycles. The zero-order valence-corrected chi connectivity index (χ0v) is 15.7. The van der Waals surface area contributed by atoms with Crippen molar-refractivity contribution in [3.8, 4) is 0 Å². The van der Waals surface area contributed by atoms with Gasteiger partial charge in [-0.05, 0) is 31.2 Å². The van der Waals surface area contributed by atoms with E-state index in [2.05, 4.69) is 43.4 Å². The number of hydrogen-bond acceptors (Lipinski definition) is 3. The fraction of sp³-hybridized carbons (Fsp3) is 0.632. The summed E-state index contributed by atoms with van der Waals surface area (Å²) in [7, 11) is 0. The SMILES string of the molecule is CCC(CC)(CNC(=O)C1(CN)CCOCC1)c1ccccc1.Cl. The van der Waals surface area contributed by atoms with Crippen LogP contribution in [0.2, 0.25) is 0 Å². The monoisotopic (exact) mass is 354 g/mol. The van der Waals surface area contributed by atoms with Crippen LogP contribution in [-0.4, -0.2) is 32.2 Å². The van der Waals surface area contributed by atoms with Crippen molar-refractivity contribution in [3.05, 3.63) is 35.9 Å². The third-order valence-corrected chi connectivity index (χ3v) is 5.65. The molecule has 0 atom stereocenters. The van der Waals surface area contributed by atoms with E-state index < -0.39 is 5.41 Å². The van der Waals surface area contributed by atoms with Crippen molar-refractivity contribution in [3.63, 3.8) is 0 Å². The number of benzene rings is 1. The van der Waals surface area contributed by atoms with E-state index in [1.165, 1.54) is 5.56 Å². The van der Waals surface area contributed by atoms with Gasteiger partial charge in [-0.3, -0.25) is 4.79 Å². The molecule has 0 radical (unpaired) electrons. The van der Waals surface area contributed by atoms with Gasteiger partial charge in [-0.2, -0.15) is 0 Å². The summed E-state index contributed by atoms with van der Waals surface area (Å²) in [6, 6.07) is 10.5. The molecule has 5 heteroatoms. The normalized spacial score (nSPS) is 17.0. The Hall–Kier alpha value is -1.10. The van der Waals surface area contributed by atoms with Crippen LogP contribution in [0.4, 0.5) is 0 Å². The maximum atomic E-state index is 12.8. The van der Waals surface area contributed by atoms with Crippen LogP contribution in [0.1, 0.15) is 45.1 Å². The van der Waals surface area contributed by atoms with Gasteiger partial charge in [-0.15, -0.1) is 12.4 Å². The molecule has 0 spiro atoms. The minimum absolute atomic E-state index is 0. The number of nitrogens with one attached hydrogen (secondary N) is 1. The highest BCUT2D eigenvalue weighted by atomic mass is 35.5. The smallest absolute Gasteiger partial charge is 0.227 e. The van der Waals surface area contributed by atoms with Crippen LogP contribution < -0.4 is 11.1 Å². The first-order valence-electron chi connectivity index (χ1n) is 8.74. The summed E-state index contributed by atoms with van der Waals surface area (Å²) in [5.41, 5.74) is 6.76. The maximum Gasteiger partial charge on any atom is 0.227 e. The highest BCUT2D eigenvalue weighted by Gasteiger charge is 2.40. The number of nitrogens with two attached hydrogens (primary N) is 1. The van der Waals surface area contributed by atoms with Gasteiger partial charge in [0, 0.05) is 31.7 Å². The van der Waals surface area contributed by atoms with Gasteiger partial charge in [0.25, 0.3) is 0 Å². The van der Waals surface area contributed by atoms with E-state index in [0.29, 0.717) is 39.1 Å². The first kappa shape index (κ1) is 20.9. The molecule has 136 valence electrons. The Bertz CT molecular complexity index is 497. The van der Waals surface area contributed by atoms with Crippen LogP contribution in [0, 0.1) is 5.41 Å². The Balaban J connectivity index is 0.00000288. The topological polar surface area (TPSA) is 64.4 Å². The molecule has 1 amide bonds. The third-order valence-electron chi connectivity index (χ3n) is 5.65. The molecule has 0 aromatic heterocycles. The van der Waals surface area contributed by atoms with Crippen molar-refractivity contribution in [2.24, 2.45) is 11.1 Å². The molecular weight excluding hydrogens is 324 g/mol. The summed E-state index contributed by atoms with van der Waals surface area (Å²) in [6.07, 6.45) is 3.41. The molecule has 0 bridgehead atoms. The average Bonchev–Trinajstić information content (AvgIpc) is 2.64. The average molecular weight is 355 g/mol. The second kappa shape index (κ2) is 9.40. The Morgan fingerprint density at radius 1 is 1.21 bits per heavy atom. The predicted molar refractivity (Wildman–Crippen MR) is 101 cm³/mol. The van der Waals surface area contributed by atoms with E-state index in [1.54, 1.807) is 0 Å². The lowest BCUT2D eigenvalue weighted by molar-refractivity contribution is -0.136. The first-order chi connectivity index (χ1) is 11.1. The van der Waals surface area contributed by atoms with Crippen molar-refractivity contribution < 1.29 is 9.53 Å². The van der Waals surface area contributed by atoms with Crippen LogP contribution in [0.25, 0.3) is 0 Å². The van der Waals surface area contributed by atoms with Gasteiger partial charge in [-0.1, -0.05) is 44.2 Å². The summed E-state index contributed by atoms with van der Waals surface area (Å²) in [4.78, 5) is 12.8. The Morgan fingerprint density at radius 3 is 2.29 bits per heavy atom. The number of carbonyl (C=O) groups is 1. The predicted octanol–water partition coefficient (Wildman–Crippen LogP) is 3.04. The van der Waals surface area contributed by atoms with E-state index in [9.17, 15) is 4.79 Å².